The summed E-state index contributed by atoms with van der Waals surface area (Å²) >= 11 is 0. The normalized spacial score (nSPS) is 10.2. The first-order valence-corrected chi connectivity index (χ1v) is 4.40. The van der Waals surface area contributed by atoms with Crippen molar-refractivity contribution in [2.45, 2.75) is 45.4 Å². The maximum atomic E-state index is 3.03. The number of hydrogen-bond acceptors (Lipinski definition) is 1. The lowest BCUT2D eigenvalue weighted by Crippen LogP contribution is -1.99. The van der Waals surface area contributed by atoms with Crippen LogP contribution in [0.25, 0.3) is 0 Å². The molecule has 1 radical (unpaired) electrons. The van der Waals surface area contributed by atoms with Crippen molar-refractivity contribution in [1.82, 2.24) is 5.32 Å². The van der Waals surface area contributed by atoms with E-state index in [2.05, 4.69) is 18.8 Å². The van der Waals surface area contributed by atoms with Crippen molar-refractivity contribution < 1.29 is 0 Å². The summed E-state index contributed by atoms with van der Waals surface area (Å²) in [5.41, 5.74) is 0. The van der Waals surface area contributed by atoms with E-state index in [1.165, 1.54) is 38.5 Å². The van der Waals surface area contributed by atoms with Gasteiger partial charge in [0.2, 0.25) is 0 Å². The minimum absolute atomic E-state index is 1.22. The van der Waals surface area contributed by atoms with Crippen molar-refractivity contribution in [3.05, 3.63) is 6.54 Å². The van der Waals surface area contributed by atoms with E-state index in [0.29, 0.717) is 0 Å². The summed E-state index contributed by atoms with van der Waals surface area (Å²) in [7, 11) is 1.96. The van der Waals surface area contributed by atoms with Gasteiger partial charge in [-0.3, -0.25) is 0 Å². The quantitative estimate of drug-likeness (QED) is 0.539. The zero-order valence-electron chi connectivity index (χ0n) is 7.32. The molecule has 0 aliphatic carbocycles. The Morgan fingerprint density at radius 3 is 2.40 bits per heavy atom. The van der Waals surface area contributed by atoms with Gasteiger partial charge in [0.05, 0.1) is 0 Å². The molecule has 0 saturated carbocycles. The molecule has 61 valence electrons. The van der Waals surface area contributed by atoms with Gasteiger partial charge >= 0.3 is 0 Å². The second kappa shape index (κ2) is 8.96. The van der Waals surface area contributed by atoms with Crippen LogP contribution in [0.1, 0.15) is 45.4 Å². The second-order valence-electron chi connectivity index (χ2n) is 2.70. The third-order valence-corrected chi connectivity index (χ3v) is 1.66. The predicted molar refractivity (Wildman–Crippen MR) is 46.7 cm³/mol. The van der Waals surface area contributed by atoms with Gasteiger partial charge in [0.15, 0.2) is 0 Å². The molecule has 0 aliphatic rings. The molecule has 0 amide bonds. The minimum Gasteiger partial charge on any atom is -0.315 e. The third kappa shape index (κ3) is 7.96. The Balaban J connectivity index is 2.65. The molecular weight excluding hydrogens is 122 g/mol. The van der Waals surface area contributed by atoms with Crippen LogP contribution in [-0.4, -0.2) is 7.05 Å². The first kappa shape index (κ1) is 9.96. The highest BCUT2D eigenvalue weighted by Gasteiger charge is 1.87. The van der Waals surface area contributed by atoms with Crippen molar-refractivity contribution in [2.24, 2.45) is 0 Å². The average Bonchev–Trinajstić information content (AvgIpc) is 1.97. The van der Waals surface area contributed by atoms with Gasteiger partial charge in [0.25, 0.3) is 0 Å². The van der Waals surface area contributed by atoms with Gasteiger partial charge in [-0.25, -0.2) is 0 Å². The fourth-order valence-corrected chi connectivity index (χ4v) is 0.994. The van der Waals surface area contributed by atoms with E-state index < -0.39 is 0 Å². The Morgan fingerprint density at radius 1 is 1.10 bits per heavy atom. The molecule has 0 fully saturated rings. The Hall–Kier alpha value is -0.0400. The molecule has 0 heterocycles. The molecule has 1 heteroatoms. The lowest BCUT2D eigenvalue weighted by molar-refractivity contribution is 0.619. The largest absolute Gasteiger partial charge is 0.315 e. The standard InChI is InChI=1S/C9H20N/c1-3-4-5-6-7-8-9-10-2/h9-10H,3-8H2,1-2H3. The summed E-state index contributed by atoms with van der Waals surface area (Å²) in [6.45, 7) is 4.38. The molecule has 0 aromatic carbocycles. The lowest BCUT2D eigenvalue weighted by atomic mass is 10.1. The summed E-state index contributed by atoms with van der Waals surface area (Å²) in [5.74, 6) is 0. The zero-order chi connectivity index (χ0) is 7.66. The smallest absolute Gasteiger partial charge is 0.0218 e. The van der Waals surface area contributed by atoms with E-state index in [4.69, 9.17) is 0 Å². The molecule has 0 aromatic rings. The molecule has 0 aromatic heterocycles. The molecular formula is C9H20N. The van der Waals surface area contributed by atoms with E-state index in [-0.39, 0.29) is 0 Å². The topological polar surface area (TPSA) is 12.0 Å². The van der Waals surface area contributed by atoms with E-state index in [1.54, 1.807) is 0 Å². The van der Waals surface area contributed by atoms with Gasteiger partial charge < -0.3 is 5.32 Å². The molecule has 0 unspecified atom stereocenters. The summed E-state index contributed by atoms with van der Waals surface area (Å²) in [4.78, 5) is 0. The van der Waals surface area contributed by atoms with Gasteiger partial charge in [-0.15, -0.1) is 0 Å². The molecule has 0 rings (SSSR count). The molecule has 0 spiro atoms. The first-order valence-electron chi connectivity index (χ1n) is 4.40. The number of nitrogens with one attached hydrogen (secondary N) is 1. The molecule has 1 nitrogen and oxygen atoms in total. The van der Waals surface area contributed by atoms with E-state index in [0.717, 1.165) is 0 Å². The first-order chi connectivity index (χ1) is 4.91. The Morgan fingerprint density at radius 2 is 1.80 bits per heavy atom. The van der Waals surface area contributed by atoms with Crippen LogP contribution < -0.4 is 5.32 Å². The number of hydrogen-bond donors (Lipinski definition) is 1. The summed E-state index contributed by atoms with van der Waals surface area (Å²) in [6.07, 6.45) is 8.12. The van der Waals surface area contributed by atoms with Gasteiger partial charge in [0.1, 0.15) is 0 Å². The van der Waals surface area contributed by atoms with Crippen LogP contribution in [-0.2, 0) is 0 Å². The Kier molecular flexibility index (Phi) is 8.92. The number of unbranched alkanes of at least 4 members (excludes halogenated alkanes) is 5. The molecule has 0 saturated heterocycles. The maximum Gasteiger partial charge on any atom is 0.0218 e. The zero-order valence-corrected chi connectivity index (χ0v) is 7.32. The monoisotopic (exact) mass is 142 g/mol. The van der Waals surface area contributed by atoms with Crippen LogP contribution in [0.3, 0.4) is 0 Å². The van der Waals surface area contributed by atoms with Crippen LogP contribution in [0.2, 0.25) is 0 Å². The maximum absolute atomic E-state index is 3.03. The van der Waals surface area contributed by atoms with Gasteiger partial charge in [-0.05, 0) is 13.5 Å². The van der Waals surface area contributed by atoms with Crippen LogP contribution in [0, 0.1) is 6.54 Å². The average molecular weight is 142 g/mol. The van der Waals surface area contributed by atoms with Gasteiger partial charge in [0, 0.05) is 6.54 Å². The van der Waals surface area contributed by atoms with Crippen LogP contribution >= 0.6 is 0 Å². The third-order valence-electron chi connectivity index (χ3n) is 1.66. The van der Waals surface area contributed by atoms with Crippen LogP contribution in [0.5, 0.6) is 0 Å². The molecule has 0 aliphatic heterocycles. The Bertz CT molecular complexity index is 44.7. The summed E-state index contributed by atoms with van der Waals surface area (Å²) in [5, 5.41) is 3.03. The highest BCUT2D eigenvalue weighted by Crippen LogP contribution is 2.04. The minimum atomic E-state index is 1.22. The van der Waals surface area contributed by atoms with Crippen molar-refractivity contribution in [3.8, 4) is 0 Å². The Labute approximate surface area is 65.2 Å². The number of rotatable bonds is 7. The fourth-order valence-electron chi connectivity index (χ4n) is 0.994. The van der Waals surface area contributed by atoms with E-state index in [1.807, 2.05) is 7.05 Å². The predicted octanol–water partition coefficient (Wildman–Crippen LogP) is 2.73. The van der Waals surface area contributed by atoms with Crippen molar-refractivity contribution in [3.63, 3.8) is 0 Å². The van der Waals surface area contributed by atoms with Crippen molar-refractivity contribution in [1.29, 1.82) is 0 Å². The highest BCUT2D eigenvalue weighted by molar-refractivity contribution is 4.57. The summed E-state index contributed by atoms with van der Waals surface area (Å²) in [6, 6.07) is 0. The van der Waals surface area contributed by atoms with Crippen molar-refractivity contribution in [2.75, 3.05) is 7.05 Å². The highest BCUT2D eigenvalue weighted by atomic mass is 14.8. The van der Waals surface area contributed by atoms with Gasteiger partial charge in [-0.2, -0.15) is 0 Å². The van der Waals surface area contributed by atoms with Crippen molar-refractivity contribution >= 4 is 0 Å². The summed E-state index contributed by atoms with van der Waals surface area (Å²) < 4.78 is 0. The molecule has 10 heavy (non-hydrogen) atoms. The van der Waals surface area contributed by atoms with E-state index in [9.17, 15) is 0 Å². The molecule has 0 atom stereocenters. The molecule has 1 N–H and O–H groups in total. The molecule has 0 bridgehead atoms. The lowest BCUT2D eigenvalue weighted by Gasteiger charge is -1.98. The second-order valence-corrected chi connectivity index (χ2v) is 2.70. The van der Waals surface area contributed by atoms with Crippen LogP contribution in [0.4, 0.5) is 0 Å². The van der Waals surface area contributed by atoms with Gasteiger partial charge in [-0.1, -0.05) is 39.0 Å². The SMILES string of the molecule is CCCCCCC[CH]NC. The van der Waals surface area contributed by atoms with E-state index >= 15 is 0 Å². The van der Waals surface area contributed by atoms with Crippen LogP contribution in [0.15, 0.2) is 0 Å². The fraction of sp³-hybridized carbons (Fsp3) is 0.889.